The minimum atomic E-state index is 0.613. The molecule has 1 aliphatic carbocycles. The van der Waals surface area contributed by atoms with Crippen LogP contribution in [0.3, 0.4) is 0 Å². The Balaban J connectivity index is 1.74. The zero-order chi connectivity index (χ0) is 12.8. The molecule has 0 heterocycles. The molecule has 0 radical (unpaired) electrons. The molecule has 0 amide bonds. The third-order valence-corrected chi connectivity index (χ3v) is 3.74. The largest absolute Gasteiger partial charge is 0.311 e. The normalized spacial score (nSPS) is 20.9. The summed E-state index contributed by atoms with van der Waals surface area (Å²) in [7, 11) is 0. The summed E-state index contributed by atoms with van der Waals surface area (Å²) in [5.74, 6) is 0. The van der Waals surface area contributed by atoms with E-state index >= 15 is 0 Å². The Kier molecular flexibility index (Phi) is 5.00. The number of hydrogen-bond donors (Lipinski definition) is 1. The first-order valence-electron chi connectivity index (χ1n) is 7.20. The number of nitrogens with one attached hydrogen (secondary N) is 1. The highest BCUT2D eigenvalue weighted by atomic mass is 14.9. The SMILES string of the molecule is Cc1cccc(CCC(C)NC2CC=CCC2)c1. The van der Waals surface area contributed by atoms with Gasteiger partial charge in [-0.1, -0.05) is 42.0 Å². The standard InChI is InChI=1S/C17H25N/c1-14-7-6-8-16(13-14)12-11-15(2)18-17-9-4-3-5-10-17/h3-4,6-8,13,15,17-18H,5,9-12H2,1-2H3. The van der Waals surface area contributed by atoms with Gasteiger partial charge >= 0.3 is 0 Å². The van der Waals surface area contributed by atoms with Crippen molar-refractivity contribution in [3.8, 4) is 0 Å². The molecule has 1 nitrogen and oxygen atoms in total. The van der Waals surface area contributed by atoms with Gasteiger partial charge in [0.05, 0.1) is 0 Å². The molecular formula is C17H25N. The van der Waals surface area contributed by atoms with Crippen LogP contribution in [-0.4, -0.2) is 12.1 Å². The van der Waals surface area contributed by atoms with Crippen LogP contribution in [0.2, 0.25) is 0 Å². The molecule has 1 aromatic rings. The van der Waals surface area contributed by atoms with Crippen molar-refractivity contribution in [1.82, 2.24) is 5.32 Å². The second-order valence-electron chi connectivity index (χ2n) is 5.58. The van der Waals surface area contributed by atoms with Crippen LogP contribution >= 0.6 is 0 Å². The van der Waals surface area contributed by atoms with Crippen molar-refractivity contribution >= 4 is 0 Å². The summed E-state index contributed by atoms with van der Waals surface area (Å²) < 4.78 is 0. The fourth-order valence-electron chi connectivity index (χ4n) is 2.68. The molecule has 2 rings (SSSR count). The quantitative estimate of drug-likeness (QED) is 0.770. The third-order valence-electron chi connectivity index (χ3n) is 3.74. The Morgan fingerprint density at radius 3 is 2.94 bits per heavy atom. The van der Waals surface area contributed by atoms with Crippen LogP contribution in [0, 0.1) is 6.92 Å². The molecule has 0 aromatic heterocycles. The third kappa shape index (κ3) is 4.30. The minimum absolute atomic E-state index is 0.613. The summed E-state index contributed by atoms with van der Waals surface area (Å²) in [6.07, 6.45) is 10.8. The van der Waals surface area contributed by atoms with E-state index in [1.807, 2.05) is 0 Å². The van der Waals surface area contributed by atoms with Crippen molar-refractivity contribution in [2.75, 3.05) is 0 Å². The van der Waals surface area contributed by atoms with Crippen molar-refractivity contribution in [1.29, 1.82) is 0 Å². The second kappa shape index (κ2) is 6.75. The van der Waals surface area contributed by atoms with E-state index in [2.05, 4.69) is 55.6 Å². The van der Waals surface area contributed by atoms with Crippen LogP contribution in [-0.2, 0) is 6.42 Å². The monoisotopic (exact) mass is 243 g/mol. The van der Waals surface area contributed by atoms with Crippen molar-refractivity contribution < 1.29 is 0 Å². The van der Waals surface area contributed by atoms with Crippen molar-refractivity contribution in [2.24, 2.45) is 0 Å². The topological polar surface area (TPSA) is 12.0 Å². The van der Waals surface area contributed by atoms with Gasteiger partial charge in [0, 0.05) is 12.1 Å². The molecule has 1 aromatic carbocycles. The summed E-state index contributed by atoms with van der Waals surface area (Å²) in [5, 5.41) is 3.75. The highest BCUT2D eigenvalue weighted by molar-refractivity contribution is 5.22. The van der Waals surface area contributed by atoms with E-state index in [0.717, 1.165) is 0 Å². The van der Waals surface area contributed by atoms with Crippen LogP contribution < -0.4 is 5.32 Å². The molecule has 0 spiro atoms. The Bertz CT molecular complexity index is 394. The Hall–Kier alpha value is -1.08. The van der Waals surface area contributed by atoms with E-state index in [1.54, 1.807) is 0 Å². The number of aryl methyl sites for hydroxylation is 2. The lowest BCUT2D eigenvalue weighted by atomic mass is 9.99. The molecule has 0 fully saturated rings. The van der Waals surface area contributed by atoms with E-state index in [1.165, 1.54) is 43.2 Å². The summed E-state index contributed by atoms with van der Waals surface area (Å²) in [6.45, 7) is 4.48. The highest BCUT2D eigenvalue weighted by Crippen LogP contribution is 2.13. The molecule has 18 heavy (non-hydrogen) atoms. The molecular weight excluding hydrogens is 218 g/mol. The minimum Gasteiger partial charge on any atom is -0.311 e. The van der Waals surface area contributed by atoms with Gasteiger partial charge in [0.15, 0.2) is 0 Å². The van der Waals surface area contributed by atoms with Gasteiger partial charge in [0.1, 0.15) is 0 Å². The van der Waals surface area contributed by atoms with Gasteiger partial charge in [-0.2, -0.15) is 0 Å². The lowest BCUT2D eigenvalue weighted by molar-refractivity contribution is 0.404. The molecule has 2 unspecified atom stereocenters. The van der Waals surface area contributed by atoms with E-state index in [-0.39, 0.29) is 0 Å². The molecule has 0 saturated heterocycles. The first-order valence-corrected chi connectivity index (χ1v) is 7.20. The van der Waals surface area contributed by atoms with Gasteiger partial charge in [-0.05, 0) is 51.5 Å². The first kappa shape index (κ1) is 13.4. The predicted octanol–water partition coefficient (Wildman–Crippen LogP) is 4.01. The number of hydrogen-bond acceptors (Lipinski definition) is 1. The van der Waals surface area contributed by atoms with E-state index < -0.39 is 0 Å². The fourth-order valence-corrected chi connectivity index (χ4v) is 2.68. The van der Waals surface area contributed by atoms with E-state index in [9.17, 15) is 0 Å². The number of allylic oxidation sites excluding steroid dienone is 1. The summed E-state index contributed by atoms with van der Waals surface area (Å²) >= 11 is 0. The molecule has 98 valence electrons. The lowest BCUT2D eigenvalue weighted by Crippen LogP contribution is -2.37. The average Bonchev–Trinajstić information content (AvgIpc) is 2.38. The smallest absolute Gasteiger partial charge is 0.0107 e. The Labute approximate surface area is 111 Å². The summed E-state index contributed by atoms with van der Waals surface area (Å²) in [5.41, 5.74) is 2.83. The Morgan fingerprint density at radius 1 is 1.33 bits per heavy atom. The van der Waals surface area contributed by atoms with E-state index in [4.69, 9.17) is 0 Å². The summed E-state index contributed by atoms with van der Waals surface area (Å²) in [6, 6.07) is 10.2. The molecule has 0 bridgehead atoms. The van der Waals surface area contributed by atoms with Gasteiger partial charge in [-0.15, -0.1) is 0 Å². The molecule has 1 aliphatic rings. The molecule has 0 aliphatic heterocycles. The van der Waals surface area contributed by atoms with Crippen LogP contribution in [0.25, 0.3) is 0 Å². The van der Waals surface area contributed by atoms with Gasteiger partial charge in [-0.3, -0.25) is 0 Å². The zero-order valence-electron chi connectivity index (χ0n) is 11.7. The van der Waals surface area contributed by atoms with Crippen LogP contribution in [0.1, 0.15) is 43.7 Å². The van der Waals surface area contributed by atoms with Gasteiger partial charge in [0.25, 0.3) is 0 Å². The second-order valence-corrected chi connectivity index (χ2v) is 5.58. The maximum absolute atomic E-state index is 3.75. The first-order chi connectivity index (χ1) is 8.74. The van der Waals surface area contributed by atoms with E-state index in [0.29, 0.717) is 12.1 Å². The van der Waals surface area contributed by atoms with Crippen LogP contribution in [0.5, 0.6) is 0 Å². The van der Waals surface area contributed by atoms with Crippen molar-refractivity contribution in [3.63, 3.8) is 0 Å². The molecule has 2 atom stereocenters. The molecule has 1 heteroatoms. The average molecular weight is 243 g/mol. The number of rotatable bonds is 5. The van der Waals surface area contributed by atoms with Crippen molar-refractivity contribution in [3.05, 3.63) is 47.5 Å². The fraction of sp³-hybridized carbons (Fsp3) is 0.529. The molecule has 0 saturated carbocycles. The Morgan fingerprint density at radius 2 is 2.22 bits per heavy atom. The maximum atomic E-state index is 3.75. The zero-order valence-corrected chi connectivity index (χ0v) is 11.7. The summed E-state index contributed by atoms with van der Waals surface area (Å²) in [4.78, 5) is 0. The van der Waals surface area contributed by atoms with Crippen LogP contribution in [0.4, 0.5) is 0 Å². The van der Waals surface area contributed by atoms with Gasteiger partial charge < -0.3 is 5.32 Å². The lowest BCUT2D eigenvalue weighted by Gasteiger charge is -2.24. The van der Waals surface area contributed by atoms with Crippen molar-refractivity contribution in [2.45, 2.75) is 58.0 Å². The molecule has 1 N–H and O–H groups in total. The van der Waals surface area contributed by atoms with Crippen LogP contribution in [0.15, 0.2) is 36.4 Å². The maximum Gasteiger partial charge on any atom is 0.0107 e. The highest BCUT2D eigenvalue weighted by Gasteiger charge is 2.12. The van der Waals surface area contributed by atoms with Gasteiger partial charge in [0.2, 0.25) is 0 Å². The van der Waals surface area contributed by atoms with Gasteiger partial charge in [-0.25, -0.2) is 0 Å². The predicted molar refractivity (Wildman–Crippen MR) is 78.9 cm³/mol. The number of benzene rings is 1.